The number of rotatable bonds is 4. The topological polar surface area (TPSA) is 42.0 Å². The van der Waals surface area contributed by atoms with Gasteiger partial charge < -0.3 is 14.4 Å². The number of piperidine rings is 1. The minimum Gasteiger partial charge on any atom is -0.490 e. The van der Waals surface area contributed by atoms with E-state index < -0.39 is 5.60 Å². The van der Waals surface area contributed by atoms with Crippen LogP contribution < -0.4 is 4.74 Å². The lowest BCUT2D eigenvalue weighted by Gasteiger charge is -2.33. The molecule has 0 N–H and O–H groups in total. The highest BCUT2D eigenvalue weighted by molar-refractivity contribution is 5.68. The third-order valence-corrected chi connectivity index (χ3v) is 5.40. The molecular formula is C22H33FN2O3. The molecule has 2 aliphatic heterocycles. The Morgan fingerprint density at radius 1 is 1.14 bits per heavy atom. The molecule has 28 heavy (non-hydrogen) atoms. The van der Waals surface area contributed by atoms with Gasteiger partial charge in [0.25, 0.3) is 0 Å². The first-order chi connectivity index (χ1) is 13.2. The summed E-state index contributed by atoms with van der Waals surface area (Å²) in [4.78, 5) is 16.3. The minimum atomic E-state index is -0.491. The summed E-state index contributed by atoms with van der Waals surface area (Å²) >= 11 is 0. The molecule has 0 spiro atoms. The molecule has 2 heterocycles. The van der Waals surface area contributed by atoms with Crippen molar-refractivity contribution in [1.29, 1.82) is 0 Å². The second-order valence-corrected chi connectivity index (χ2v) is 9.04. The molecule has 0 aromatic heterocycles. The van der Waals surface area contributed by atoms with Crippen LogP contribution in [0.3, 0.4) is 0 Å². The van der Waals surface area contributed by atoms with Gasteiger partial charge in [0.15, 0.2) is 0 Å². The predicted molar refractivity (Wildman–Crippen MR) is 107 cm³/mol. The number of carbonyl (C=O) groups is 1. The lowest BCUT2D eigenvalue weighted by atomic mass is 10.1. The molecule has 0 saturated carbocycles. The number of amides is 1. The van der Waals surface area contributed by atoms with Crippen molar-refractivity contribution in [3.63, 3.8) is 0 Å². The third kappa shape index (κ3) is 5.84. The molecule has 156 valence electrons. The van der Waals surface area contributed by atoms with Crippen LogP contribution in [0.5, 0.6) is 5.75 Å². The van der Waals surface area contributed by atoms with Gasteiger partial charge in [0, 0.05) is 44.6 Å². The van der Waals surface area contributed by atoms with Gasteiger partial charge in [-0.15, -0.1) is 0 Å². The fraction of sp³-hybridized carbons (Fsp3) is 0.682. The summed E-state index contributed by atoms with van der Waals surface area (Å²) < 4.78 is 25.6. The maximum absolute atomic E-state index is 14.1. The largest absolute Gasteiger partial charge is 0.490 e. The molecule has 0 bridgehead atoms. The number of hydrogen-bond donors (Lipinski definition) is 0. The maximum atomic E-state index is 14.1. The van der Waals surface area contributed by atoms with Crippen LogP contribution in [0.15, 0.2) is 18.2 Å². The maximum Gasteiger partial charge on any atom is 0.410 e. The van der Waals surface area contributed by atoms with E-state index in [0.717, 1.165) is 18.7 Å². The van der Waals surface area contributed by atoms with Crippen LogP contribution >= 0.6 is 0 Å². The van der Waals surface area contributed by atoms with Gasteiger partial charge in [-0.1, -0.05) is 0 Å². The van der Waals surface area contributed by atoms with E-state index in [9.17, 15) is 9.18 Å². The highest BCUT2D eigenvalue weighted by Gasteiger charge is 2.28. The van der Waals surface area contributed by atoms with E-state index in [0.29, 0.717) is 37.7 Å². The van der Waals surface area contributed by atoms with E-state index in [1.54, 1.807) is 11.0 Å². The SMILES string of the molecule is C[C@H]1CCCN1Cc1cc(F)cc(OC2CCN(C(=O)OC(C)(C)C)CC2)c1. The second kappa shape index (κ2) is 8.68. The summed E-state index contributed by atoms with van der Waals surface area (Å²) in [5.74, 6) is 0.322. The zero-order valence-corrected chi connectivity index (χ0v) is 17.5. The Kier molecular flexibility index (Phi) is 6.48. The average Bonchev–Trinajstić information content (AvgIpc) is 2.98. The van der Waals surface area contributed by atoms with E-state index >= 15 is 0 Å². The van der Waals surface area contributed by atoms with Crippen LogP contribution in [-0.4, -0.2) is 53.3 Å². The zero-order chi connectivity index (χ0) is 20.3. The van der Waals surface area contributed by atoms with Gasteiger partial charge in [-0.3, -0.25) is 4.90 Å². The van der Waals surface area contributed by atoms with Crippen molar-refractivity contribution in [3.05, 3.63) is 29.6 Å². The highest BCUT2D eigenvalue weighted by atomic mass is 19.1. The van der Waals surface area contributed by atoms with Crippen LogP contribution in [0, 0.1) is 5.82 Å². The molecule has 5 nitrogen and oxygen atoms in total. The van der Waals surface area contributed by atoms with Crippen molar-refractivity contribution < 1.29 is 18.7 Å². The summed E-state index contributed by atoms with van der Waals surface area (Å²) in [5.41, 5.74) is 0.463. The van der Waals surface area contributed by atoms with Crippen LogP contribution in [-0.2, 0) is 11.3 Å². The summed E-state index contributed by atoms with van der Waals surface area (Å²) in [7, 11) is 0. The van der Waals surface area contributed by atoms with Gasteiger partial charge in [-0.25, -0.2) is 9.18 Å². The van der Waals surface area contributed by atoms with Crippen LogP contribution in [0.2, 0.25) is 0 Å². The Hall–Kier alpha value is -1.82. The van der Waals surface area contributed by atoms with Crippen molar-refractivity contribution in [2.45, 2.75) is 77.7 Å². The van der Waals surface area contributed by atoms with Crippen molar-refractivity contribution in [2.75, 3.05) is 19.6 Å². The molecular weight excluding hydrogens is 359 g/mol. The molecule has 0 unspecified atom stereocenters. The van der Waals surface area contributed by atoms with Gasteiger partial charge in [0.05, 0.1) is 0 Å². The fourth-order valence-electron chi connectivity index (χ4n) is 3.92. The number of ether oxygens (including phenoxy) is 2. The predicted octanol–water partition coefficient (Wildman–Crippen LogP) is 4.59. The molecule has 3 rings (SSSR count). The molecule has 0 radical (unpaired) electrons. The lowest BCUT2D eigenvalue weighted by Crippen LogP contribution is -2.44. The third-order valence-electron chi connectivity index (χ3n) is 5.40. The van der Waals surface area contributed by atoms with Gasteiger partial charge in [-0.2, -0.15) is 0 Å². The smallest absolute Gasteiger partial charge is 0.410 e. The monoisotopic (exact) mass is 392 g/mol. The number of benzene rings is 1. The molecule has 2 fully saturated rings. The normalized spacial score (nSPS) is 21.8. The van der Waals surface area contributed by atoms with E-state index in [1.807, 2.05) is 26.8 Å². The van der Waals surface area contributed by atoms with E-state index in [2.05, 4.69) is 11.8 Å². The Morgan fingerprint density at radius 2 is 1.86 bits per heavy atom. The Morgan fingerprint density at radius 3 is 2.46 bits per heavy atom. The van der Waals surface area contributed by atoms with Crippen LogP contribution in [0.25, 0.3) is 0 Å². The first-order valence-corrected chi connectivity index (χ1v) is 10.4. The van der Waals surface area contributed by atoms with Crippen molar-refractivity contribution in [2.24, 2.45) is 0 Å². The highest BCUT2D eigenvalue weighted by Crippen LogP contribution is 2.25. The summed E-state index contributed by atoms with van der Waals surface area (Å²) in [6.07, 6.45) is 3.55. The molecule has 2 saturated heterocycles. The zero-order valence-electron chi connectivity index (χ0n) is 17.5. The number of carbonyl (C=O) groups excluding carboxylic acids is 1. The van der Waals surface area contributed by atoms with Crippen LogP contribution in [0.4, 0.5) is 9.18 Å². The van der Waals surface area contributed by atoms with Crippen LogP contribution in [0.1, 0.15) is 58.9 Å². The lowest BCUT2D eigenvalue weighted by molar-refractivity contribution is 0.0126. The summed E-state index contributed by atoms with van der Waals surface area (Å²) in [6, 6.07) is 5.55. The first-order valence-electron chi connectivity index (χ1n) is 10.4. The molecule has 1 aromatic rings. The molecule has 1 aromatic carbocycles. The van der Waals surface area contributed by atoms with Gasteiger partial charge in [0.1, 0.15) is 23.3 Å². The standard InChI is InChI=1S/C22H33FN2O3/c1-16-6-5-9-25(16)15-17-12-18(23)14-20(13-17)27-19-7-10-24(11-8-19)21(26)28-22(2,3)4/h12-14,16,19H,5-11,15H2,1-4H3/t16-/m0/s1. The molecule has 1 atom stereocenters. The average molecular weight is 393 g/mol. The fourth-order valence-corrected chi connectivity index (χ4v) is 3.92. The van der Waals surface area contributed by atoms with E-state index in [1.165, 1.54) is 18.9 Å². The Labute approximate surface area is 167 Å². The van der Waals surface area contributed by atoms with E-state index in [4.69, 9.17) is 9.47 Å². The van der Waals surface area contributed by atoms with Gasteiger partial charge in [-0.05, 0) is 64.8 Å². The molecule has 2 aliphatic rings. The van der Waals surface area contributed by atoms with Crippen molar-refractivity contribution in [1.82, 2.24) is 9.80 Å². The second-order valence-electron chi connectivity index (χ2n) is 9.04. The van der Waals surface area contributed by atoms with Gasteiger partial charge >= 0.3 is 6.09 Å². The number of hydrogen-bond acceptors (Lipinski definition) is 4. The number of nitrogens with zero attached hydrogens (tertiary/aromatic N) is 2. The number of halogens is 1. The summed E-state index contributed by atoms with van der Waals surface area (Å²) in [6.45, 7) is 10.8. The first kappa shape index (κ1) is 20.9. The van der Waals surface area contributed by atoms with E-state index in [-0.39, 0.29) is 18.0 Å². The summed E-state index contributed by atoms with van der Waals surface area (Å²) in [5, 5.41) is 0. The molecule has 1 amide bonds. The van der Waals surface area contributed by atoms with Crippen molar-refractivity contribution >= 4 is 6.09 Å². The van der Waals surface area contributed by atoms with Gasteiger partial charge in [0.2, 0.25) is 0 Å². The minimum absolute atomic E-state index is 0.0148. The molecule has 6 heteroatoms. The number of likely N-dealkylation sites (tertiary alicyclic amines) is 2. The Bertz CT molecular complexity index is 681. The van der Waals surface area contributed by atoms with Crippen molar-refractivity contribution in [3.8, 4) is 5.75 Å². The molecule has 0 aliphatic carbocycles. The Balaban J connectivity index is 1.54. The quantitative estimate of drug-likeness (QED) is 0.752.